The number of halogens is 1. The summed E-state index contributed by atoms with van der Waals surface area (Å²) in [6, 6.07) is 5.45. The Morgan fingerprint density at radius 3 is 3.00 bits per heavy atom. The zero-order chi connectivity index (χ0) is 15.2. The molecule has 4 nitrogen and oxygen atoms in total. The highest BCUT2D eigenvalue weighted by atomic mass is 35.5. The topological polar surface area (TPSA) is 41.6 Å². The summed E-state index contributed by atoms with van der Waals surface area (Å²) in [5.74, 6) is 0. The number of nitrogens with one attached hydrogen (secondary N) is 1. The molecule has 0 unspecified atom stereocenters. The minimum Gasteiger partial charge on any atom is -0.378 e. The molecular weight excluding hydrogens is 288 g/mol. The van der Waals surface area contributed by atoms with Crippen molar-refractivity contribution in [1.82, 2.24) is 4.90 Å². The van der Waals surface area contributed by atoms with Gasteiger partial charge in [-0.3, -0.25) is 0 Å². The maximum atomic E-state index is 12.2. The Morgan fingerprint density at radius 2 is 2.29 bits per heavy atom. The number of hydrogen-bond donors (Lipinski definition) is 1. The normalized spacial score (nSPS) is 18.3. The Morgan fingerprint density at radius 1 is 1.48 bits per heavy atom. The van der Waals surface area contributed by atoms with Crippen molar-refractivity contribution in [3.8, 4) is 0 Å². The molecule has 1 fully saturated rings. The van der Waals surface area contributed by atoms with E-state index in [0.717, 1.165) is 31.4 Å². The first-order valence-corrected chi connectivity index (χ1v) is 7.84. The van der Waals surface area contributed by atoms with Gasteiger partial charge in [0.15, 0.2) is 0 Å². The molecule has 116 valence electrons. The van der Waals surface area contributed by atoms with Crippen LogP contribution in [0.25, 0.3) is 0 Å². The second-order valence-electron chi connectivity index (χ2n) is 5.61. The highest BCUT2D eigenvalue weighted by molar-refractivity contribution is 6.33. The van der Waals surface area contributed by atoms with Crippen LogP contribution in [-0.4, -0.2) is 37.2 Å². The fourth-order valence-electron chi connectivity index (χ4n) is 2.42. The van der Waals surface area contributed by atoms with Crippen molar-refractivity contribution in [2.45, 2.75) is 38.7 Å². The third kappa shape index (κ3) is 4.90. The van der Waals surface area contributed by atoms with Crippen LogP contribution >= 0.6 is 11.6 Å². The molecule has 2 rings (SSSR count). The second kappa shape index (κ2) is 7.66. The molecule has 1 atom stereocenters. The summed E-state index contributed by atoms with van der Waals surface area (Å²) in [6.45, 7) is 3.50. The molecule has 0 bridgehead atoms. The van der Waals surface area contributed by atoms with E-state index >= 15 is 0 Å². The Kier molecular flexibility index (Phi) is 5.88. The molecule has 0 spiro atoms. The predicted molar refractivity (Wildman–Crippen MR) is 86.0 cm³/mol. The number of anilines is 1. The van der Waals surface area contributed by atoms with Crippen molar-refractivity contribution in [2.75, 3.05) is 25.5 Å². The summed E-state index contributed by atoms with van der Waals surface area (Å²) in [5, 5.41) is 3.41. The van der Waals surface area contributed by atoms with E-state index in [1.54, 1.807) is 18.0 Å². The van der Waals surface area contributed by atoms with Crippen LogP contribution in [0, 0.1) is 6.92 Å². The number of rotatable bonds is 4. The summed E-state index contributed by atoms with van der Waals surface area (Å²) in [5.41, 5.74) is 1.72. The number of benzene rings is 1. The lowest BCUT2D eigenvalue weighted by atomic mass is 10.1. The summed E-state index contributed by atoms with van der Waals surface area (Å²) >= 11 is 6.09. The Labute approximate surface area is 131 Å². The minimum absolute atomic E-state index is 0.140. The van der Waals surface area contributed by atoms with Crippen LogP contribution in [0.15, 0.2) is 18.2 Å². The molecule has 1 aliphatic heterocycles. The van der Waals surface area contributed by atoms with Crippen molar-refractivity contribution >= 4 is 23.3 Å². The zero-order valence-corrected chi connectivity index (χ0v) is 13.4. The zero-order valence-electron chi connectivity index (χ0n) is 12.7. The molecule has 0 aromatic heterocycles. The van der Waals surface area contributed by atoms with Crippen LogP contribution in [0.1, 0.15) is 31.2 Å². The molecule has 1 N–H and O–H groups in total. The maximum Gasteiger partial charge on any atom is 0.321 e. The van der Waals surface area contributed by atoms with Crippen molar-refractivity contribution < 1.29 is 9.53 Å². The predicted octanol–water partition coefficient (Wildman–Crippen LogP) is 4.07. The highest BCUT2D eigenvalue weighted by Gasteiger charge is 2.16. The molecular formula is C16H23ClN2O2. The largest absolute Gasteiger partial charge is 0.378 e. The third-order valence-corrected chi connectivity index (χ3v) is 4.10. The standard InChI is InChI=1S/C16H23ClN2O2/c1-12-6-7-14(17)15(11-12)18-16(20)19(2)9-8-13-5-3-4-10-21-13/h6-7,11,13H,3-5,8-10H2,1-2H3,(H,18,20)/t13-/m0/s1. The van der Waals surface area contributed by atoms with Crippen molar-refractivity contribution in [3.63, 3.8) is 0 Å². The molecule has 1 saturated heterocycles. The summed E-state index contributed by atoms with van der Waals surface area (Å²) in [6.07, 6.45) is 4.64. The number of aryl methyl sites for hydroxylation is 1. The van der Waals surface area contributed by atoms with Crippen LogP contribution < -0.4 is 5.32 Å². The van der Waals surface area contributed by atoms with E-state index in [1.165, 1.54) is 6.42 Å². The van der Waals surface area contributed by atoms with Crippen LogP contribution in [0.5, 0.6) is 0 Å². The summed E-state index contributed by atoms with van der Waals surface area (Å²) in [7, 11) is 1.79. The Bertz CT molecular complexity index is 487. The fourth-order valence-corrected chi connectivity index (χ4v) is 2.58. The van der Waals surface area contributed by atoms with Crippen molar-refractivity contribution in [2.24, 2.45) is 0 Å². The van der Waals surface area contributed by atoms with E-state index in [0.29, 0.717) is 17.3 Å². The molecule has 0 aliphatic carbocycles. The lowest BCUT2D eigenvalue weighted by Gasteiger charge is -2.25. The summed E-state index contributed by atoms with van der Waals surface area (Å²) in [4.78, 5) is 13.8. The van der Waals surface area contributed by atoms with E-state index in [4.69, 9.17) is 16.3 Å². The highest BCUT2D eigenvalue weighted by Crippen LogP contribution is 2.23. The molecule has 0 radical (unpaired) electrons. The van der Waals surface area contributed by atoms with Crippen LogP contribution in [0.2, 0.25) is 5.02 Å². The van der Waals surface area contributed by atoms with Gasteiger partial charge in [0.25, 0.3) is 0 Å². The number of urea groups is 1. The van der Waals surface area contributed by atoms with Gasteiger partial charge in [-0.15, -0.1) is 0 Å². The minimum atomic E-state index is -0.140. The van der Waals surface area contributed by atoms with Crippen LogP contribution in [0.4, 0.5) is 10.5 Å². The van der Waals surface area contributed by atoms with Gasteiger partial charge in [-0.25, -0.2) is 4.79 Å². The first-order valence-electron chi connectivity index (χ1n) is 7.46. The Hall–Kier alpha value is -1.26. The monoisotopic (exact) mass is 310 g/mol. The number of amides is 2. The molecule has 2 amide bonds. The number of carbonyl (C=O) groups is 1. The molecule has 1 aliphatic rings. The quantitative estimate of drug-likeness (QED) is 0.910. The average Bonchev–Trinajstić information content (AvgIpc) is 2.49. The average molecular weight is 311 g/mol. The molecule has 5 heteroatoms. The number of carbonyl (C=O) groups excluding carboxylic acids is 1. The van der Waals surface area contributed by atoms with Gasteiger partial charge in [0, 0.05) is 20.2 Å². The number of nitrogens with zero attached hydrogens (tertiary/aromatic N) is 1. The fraction of sp³-hybridized carbons (Fsp3) is 0.562. The molecule has 0 saturated carbocycles. The van der Waals surface area contributed by atoms with E-state index in [-0.39, 0.29) is 12.1 Å². The van der Waals surface area contributed by atoms with Gasteiger partial charge in [0.05, 0.1) is 16.8 Å². The van der Waals surface area contributed by atoms with Gasteiger partial charge in [0.1, 0.15) is 0 Å². The molecule has 1 heterocycles. The van der Waals surface area contributed by atoms with E-state index in [1.807, 2.05) is 19.1 Å². The van der Waals surface area contributed by atoms with Gasteiger partial charge < -0.3 is 15.0 Å². The van der Waals surface area contributed by atoms with Gasteiger partial charge >= 0.3 is 6.03 Å². The van der Waals surface area contributed by atoms with Crippen LogP contribution in [0.3, 0.4) is 0 Å². The third-order valence-electron chi connectivity index (χ3n) is 3.77. The molecule has 1 aromatic rings. The lowest BCUT2D eigenvalue weighted by molar-refractivity contribution is 0.00848. The van der Waals surface area contributed by atoms with Gasteiger partial charge in [-0.1, -0.05) is 17.7 Å². The van der Waals surface area contributed by atoms with Crippen molar-refractivity contribution in [1.29, 1.82) is 0 Å². The first kappa shape index (κ1) is 16.1. The van der Waals surface area contributed by atoms with Gasteiger partial charge in [-0.2, -0.15) is 0 Å². The smallest absolute Gasteiger partial charge is 0.321 e. The van der Waals surface area contributed by atoms with Gasteiger partial charge in [-0.05, 0) is 50.3 Å². The van der Waals surface area contributed by atoms with E-state index in [2.05, 4.69) is 5.32 Å². The SMILES string of the molecule is Cc1ccc(Cl)c(NC(=O)N(C)CC[C@@H]2CCCCO2)c1. The van der Waals surface area contributed by atoms with E-state index in [9.17, 15) is 4.79 Å². The lowest BCUT2D eigenvalue weighted by Crippen LogP contribution is -2.34. The van der Waals surface area contributed by atoms with Crippen LogP contribution in [-0.2, 0) is 4.74 Å². The number of ether oxygens (including phenoxy) is 1. The number of hydrogen-bond acceptors (Lipinski definition) is 2. The van der Waals surface area contributed by atoms with E-state index < -0.39 is 0 Å². The maximum absolute atomic E-state index is 12.2. The molecule has 1 aromatic carbocycles. The summed E-state index contributed by atoms with van der Waals surface area (Å²) < 4.78 is 5.68. The first-order chi connectivity index (χ1) is 10.1. The van der Waals surface area contributed by atoms with Crippen molar-refractivity contribution in [3.05, 3.63) is 28.8 Å². The Balaban J connectivity index is 1.82. The van der Waals surface area contributed by atoms with Gasteiger partial charge in [0.2, 0.25) is 0 Å². The second-order valence-corrected chi connectivity index (χ2v) is 6.02. The molecule has 21 heavy (non-hydrogen) atoms.